The monoisotopic (exact) mass is 669 g/mol. The summed E-state index contributed by atoms with van der Waals surface area (Å²) in [5.41, 5.74) is 8.01. The number of hydrogen-bond donors (Lipinski definition) is 0. The largest absolute Gasteiger partial charge is 0.208 e. The van der Waals surface area contributed by atoms with Crippen molar-refractivity contribution in [3.8, 4) is 33.9 Å². The van der Waals surface area contributed by atoms with E-state index in [9.17, 15) is 0 Å². The minimum atomic E-state index is 0.680. The van der Waals surface area contributed by atoms with Gasteiger partial charge in [0.1, 0.15) is 0 Å². The summed E-state index contributed by atoms with van der Waals surface area (Å²) in [6.45, 7) is 0. The maximum absolute atomic E-state index is 5.32. The molecule has 0 bridgehead atoms. The quantitative estimate of drug-likeness (QED) is 0.171. The second-order valence-electron chi connectivity index (χ2n) is 13.1. The van der Waals surface area contributed by atoms with Gasteiger partial charge in [-0.3, -0.25) is 0 Å². The van der Waals surface area contributed by atoms with Crippen LogP contribution < -0.4 is 0 Å². The lowest BCUT2D eigenvalue weighted by Gasteiger charge is -2.17. The Bertz CT molecular complexity index is 2860. The molecule has 0 amide bonds. The van der Waals surface area contributed by atoms with E-state index < -0.39 is 0 Å². The van der Waals surface area contributed by atoms with E-state index in [1.807, 2.05) is 0 Å². The normalized spacial score (nSPS) is 13.2. The van der Waals surface area contributed by atoms with Crippen LogP contribution in [0.25, 0.3) is 86.8 Å². The number of thiophene rings is 1. The Morgan fingerprint density at radius 1 is 0.392 bits per heavy atom. The Hall–Kier alpha value is -6.23. The van der Waals surface area contributed by atoms with Gasteiger partial charge in [0, 0.05) is 31.3 Å². The first-order valence-corrected chi connectivity index (χ1v) is 18.2. The van der Waals surface area contributed by atoms with Crippen LogP contribution in [0, 0.1) is 0 Å². The second-order valence-corrected chi connectivity index (χ2v) is 14.1. The van der Waals surface area contributed by atoms with Crippen molar-refractivity contribution in [3.05, 3.63) is 175 Å². The molecule has 4 heteroatoms. The van der Waals surface area contributed by atoms with E-state index in [1.54, 1.807) is 11.3 Å². The number of nitrogens with zero attached hydrogens (tertiary/aromatic N) is 3. The summed E-state index contributed by atoms with van der Waals surface area (Å²) >= 11 is 1.80. The van der Waals surface area contributed by atoms with Crippen molar-refractivity contribution in [3.63, 3.8) is 0 Å². The smallest absolute Gasteiger partial charge is 0.165 e. The molecule has 0 aliphatic heterocycles. The van der Waals surface area contributed by atoms with Crippen LogP contribution >= 0.6 is 11.3 Å². The van der Waals surface area contributed by atoms with Gasteiger partial charge in [0.05, 0.1) is 0 Å². The fraction of sp³-hybridized carbons (Fsp3) is 0.0426. The minimum absolute atomic E-state index is 0.680. The minimum Gasteiger partial charge on any atom is -0.208 e. The van der Waals surface area contributed by atoms with Crippen molar-refractivity contribution in [2.45, 2.75) is 12.8 Å². The Kier molecular flexibility index (Phi) is 7.14. The molecule has 51 heavy (non-hydrogen) atoms. The molecule has 0 spiro atoms. The van der Waals surface area contributed by atoms with E-state index >= 15 is 0 Å². The molecular weight excluding hydrogens is 639 g/mol. The first kappa shape index (κ1) is 29.7. The fourth-order valence-electron chi connectivity index (χ4n) is 7.59. The highest BCUT2D eigenvalue weighted by atomic mass is 32.1. The molecule has 10 rings (SSSR count). The lowest BCUT2D eigenvalue weighted by molar-refractivity contribution is 0.986. The standard InChI is InChI=1S/C47H31N3S/c1-2-13-30(14-3-1)31-25-27-32(28-26-31)45-48-46(50-47(49-45)41-23-12-22-39-38-20-10-11-24-43(38)51-44(39)41)40-21-9-8-19-37(40)42-29-33-15-4-5-16-34(33)35-17-6-7-18-36(35)42/h1-25,27,29H,26,28H2. The van der Waals surface area contributed by atoms with Gasteiger partial charge >= 0.3 is 0 Å². The molecule has 2 heterocycles. The van der Waals surface area contributed by atoms with Crippen molar-refractivity contribution in [1.82, 2.24) is 15.0 Å². The van der Waals surface area contributed by atoms with Gasteiger partial charge in [-0.15, -0.1) is 11.3 Å². The molecule has 1 aliphatic rings. The van der Waals surface area contributed by atoms with E-state index in [0.29, 0.717) is 11.6 Å². The molecule has 0 radical (unpaired) electrons. The molecular formula is C47H31N3S. The summed E-state index contributed by atoms with van der Waals surface area (Å²) in [7, 11) is 0. The molecule has 2 aromatic heterocycles. The van der Waals surface area contributed by atoms with Crippen LogP contribution in [0.15, 0.2) is 164 Å². The van der Waals surface area contributed by atoms with Gasteiger partial charge < -0.3 is 0 Å². The zero-order valence-electron chi connectivity index (χ0n) is 27.8. The van der Waals surface area contributed by atoms with E-state index in [4.69, 9.17) is 15.0 Å². The van der Waals surface area contributed by atoms with Crippen LogP contribution in [0.1, 0.15) is 24.2 Å². The first-order valence-electron chi connectivity index (χ1n) is 17.4. The zero-order chi connectivity index (χ0) is 33.7. The average molecular weight is 670 g/mol. The Balaban J connectivity index is 1.20. The van der Waals surface area contributed by atoms with Crippen LogP contribution in [-0.2, 0) is 0 Å². The van der Waals surface area contributed by atoms with Gasteiger partial charge in [0.15, 0.2) is 17.5 Å². The molecule has 0 fully saturated rings. The molecule has 1 aliphatic carbocycles. The number of benzene rings is 7. The highest BCUT2D eigenvalue weighted by Gasteiger charge is 2.21. The van der Waals surface area contributed by atoms with Crippen LogP contribution in [0.2, 0.25) is 0 Å². The average Bonchev–Trinajstić information content (AvgIpc) is 3.60. The lowest BCUT2D eigenvalue weighted by atomic mass is 9.90. The van der Waals surface area contributed by atoms with Crippen molar-refractivity contribution in [2.24, 2.45) is 0 Å². The Morgan fingerprint density at radius 3 is 1.80 bits per heavy atom. The zero-order valence-corrected chi connectivity index (χ0v) is 28.6. The van der Waals surface area contributed by atoms with Gasteiger partial charge in [0.25, 0.3) is 0 Å². The summed E-state index contributed by atoms with van der Waals surface area (Å²) in [5, 5.41) is 7.40. The SMILES string of the molecule is C1=C(c2ccccc2)CCC(c2nc(-c3ccccc3-c3cc4ccccc4c4ccccc34)nc(-c3cccc4c3sc3ccccc34)n2)=C1. The third-order valence-corrected chi connectivity index (χ3v) is 11.3. The second kappa shape index (κ2) is 12.3. The number of allylic oxidation sites excluding steroid dienone is 4. The maximum atomic E-state index is 5.32. The number of rotatable bonds is 5. The van der Waals surface area contributed by atoms with Gasteiger partial charge in [-0.25, -0.2) is 15.0 Å². The summed E-state index contributed by atoms with van der Waals surface area (Å²) in [4.78, 5) is 15.9. The van der Waals surface area contributed by atoms with E-state index in [-0.39, 0.29) is 0 Å². The lowest BCUT2D eigenvalue weighted by Crippen LogP contribution is -2.05. The third kappa shape index (κ3) is 5.15. The van der Waals surface area contributed by atoms with Crippen LogP contribution in [-0.4, -0.2) is 15.0 Å². The van der Waals surface area contributed by atoms with Crippen molar-refractivity contribution >= 4 is 64.2 Å². The molecule has 9 aromatic rings. The molecule has 240 valence electrons. The van der Waals surface area contributed by atoms with Crippen LogP contribution in [0.5, 0.6) is 0 Å². The van der Waals surface area contributed by atoms with Crippen molar-refractivity contribution in [2.75, 3.05) is 0 Å². The molecule has 0 saturated carbocycles. The number of aromatic nitrogens is 3. The molecule has 0 unspecified atom stereocenters. The topological polar surface area (TPSA) is 38.7 Å². The summed E-state index contributed by atoms with van der Waals surface area (Å²) in [6.07, 6.45) is 6.22. The number of hydrogen-bond acceptors (Lipinski definition) is 4. The van der Waals surface area contributed by atoms with Crippen LogP contribution in [0.3, 0.4) is 0 Å². The van der Waals surface area contributed by atoms with Gasteiger partial charge in [-0.1, -0.05) is 146 Å². The fourth-order valence-corrected chi connectivity index (χ4v) is 8.80. The molecule has 7 aromatic carbocycles. The Morgan fingerprint density at radius 2 is 0.980 bits per heavy atom. The van der Waals surface area contributed by atoms with E-state index in [0.717, 1.165) is 40.9 Å². The molecule has 3 nitrogen and oxygen atoms in total. The van der Waals surface area contributed by atoms with Gasteiger partial charge in [-0.2, -0.15) is 0 Å². The maximum Gasteiger partial charge on any atom is 0.165 e. The summed E-state index contributed by atoms with van der Waals surface area (Å²) in [5.74, 6) is 2.11. The van der Waals surface area contributed by atoms with Crippen LogP contribution in [0.4, 0.5) is 0 Å². The summed E-state index contributed by atoms with van der Waals surface area (Å²) in [6, 6.07) is 54.0. The van der Waals surface area contributed by atoms with E-state index in [2.05, 4.69) is 164 Å². The predicted octanol–water partition coefficient (Wildman–Crippen LogP) is 12.8. The third-order valence-electron chi connectivity index (χ3n) is 10.1. The highest BCUT2D eigenvalue weighted by Crippen LogP contribution is 2.42. The van der Waals surface area contributed by atoms with Crippen molar-refractivity contribution in [1.29, 1.82) is 0 Å². The van der Waals surface area contributed by atoms with Gasteiger partial charge in [0.2, 0.25) is 0 Å². The molecule has 0 N–H and O–H groups in total. The first-order chi connectivity index (χ1) is 25.3. The summed E-state index contributed by atoms with van der Waals surface area (Å²) < 4.78 is 2.45. The molecule has 0 saturated heterocycles. The Labute approximate surface area is 299 Å². The predicted molar refractivity (Wildman–Crippen MR) is 216 cm³/mol. The van der Waals surface area contributed by atoms with Crippen molar-refractivity contribution < 1.29 is 0 Å². The van der Waals surface area contributed by atoms with E-state index in [1.165, 1.54) is 58.4 Å². The molecule has 0 atom stereocenters. The van der Waals surface area contributed by atoms with Gasteiger partial charge in [-0.05, 0) is 80.4 Å². The number of fused-ring (bicyclic) bond motifs is 6. The highest BCUT2D eigenvalue weighted by molar-refractivity contribution is 7.26.